The van der Waals surface area contributed by atoms with Crippen LogP contribution in [0, 0.1) is 0 Å². The van der Waals surface area contributed by atoms with Crippen LogP contribution in [-0.4, -0.2) is 18.1 Å². The van der Waals surface area contributed by atoms with Crippen LogP contribution in [0.1, 0.15) is 20.8 Å². The molecule has 0 unspecified atom stereocenters. The second-order valence-corrected chi connectivity index (χ2v) is 4.11. The van der Waals surface area contributed by atoms with Gasteiger partial charge in [-0.15, -0.1) is 0 Å². The van der Waals surface area contributed by atoms with Crippen molar-refractivity contribution in [2.75, 3.05) is 6.54 Å². The van der Waals surface area contributed by atoms with Gasteiger partial charge in [0.15, 0.2) is 0 Å². The van der Waals surface area contributed by atoms with Gasteiger partial charge in [-0.1, -0.05) is 18.2 Å². The van der Waals surface area contributed by atoms with Gasteiger partial charge in [0.25, 0.3) is 0 Å². The number of amides is 2. The fourth-order valence-electron chi connectivity index (χ4n) is 0.561. The van der Waals surface area contributed by atoms with Crippen LogP contribution in [0.15, 0.2) is 11.6 Å². The summed E-state index contributed by atoms with van der Waals surface area (Å²) in [5.41, 5.74) is -0.224. The molecule has 0 spiro atoms. The molecule has 2 N–H and O–H groups in total. The van der Waals surface area contributed by atoms with Crippen molar-refractivity contribution >= 4 is 17.6 Å². The summed E-state index contributed by atoms with van der Waals surface area (Å²) in [6.45, 7) is 9.46. The summed E-state index contributed by atoms with van der Waals surface area (Å²) >= 11 is 5.46. The van der Waals surface area contributed by atoms with Crippen molar-refractivity contribution in [2.45, 2.75) is 26.3 Å². The van der Waals surface area contributed by atoms with Gasteiger partial charge in [-0.2, -0.15) is 0 Å². The second-order valence-electron chi connectivity index (χ2n) is 3.57. The molecule has 12 heavy (non-hydrogen) atoms. The minimum absolute atomic E-state index is 0.224. The molecule has 0 aliphatic rings. The van der Waals surface area contributed by atoms with Crippen LogP contribution in [-0.2, 0) is 0 Å². The molecule has 0 saturated carbocycles. The van der Waals surface area contributed by atoms with E-state index in [-0.39, 0.29) is 11.6 Å². The van der Waals surface area contributed by atoms with Gasteiger partial charge in [-0.3, -0.25) is 0 Å². The molecule has 0 aliphatic heterocycles. The molecule has 0 heterocycles. The van der Waals surface area contributed by atoms with E-state index >= 15 is 0 Å². The molecule has 4 heteroatoms. The fraction of sp³-hybridized carbons (Fsp3) is 0.625. The zero-order valence-corrected chi connectivity index (χ0v) is 8.46. The van der Waals surface area contributed by atoms with Crippen LogP contribution in [0.2, 0.25) is 0 Å². The Balaban J connectivity index is 3.68. The van der Waals surface area contributed by atoms with Crippen molar-refractivity contribution in [3.63, 3.8) is 0 Å². The molecule has 70 valence electrons. The molecular formula is C8H15ClN2O. The number of urea groups is 1. The van der Waals surface area contributed by atoms with Gasteiger partial charge in [0.2, 0.25) is 0 Å². The average Bonchev–Trinajstić information content (AvgIpc) is 1.79. The Morgan fingerprint density at radius 2 is 2.00 bits per heavy atom. The third-order valence-electron chi connectivity index (χ3n) is 0.929. The Kier molecular flexibility index (Phi) is 4.10. The lowest BCUT2D eigenvalue weighted by Crippen LogP contribution is -2.46. The molecule has 0 aromatic heterocycles. The molecule has 0 atom stereocenters. The minimum atomic E-state index is -0.232. The Bertz CT molecular complexity index is 184. The lowest BCUT2D eigenvalue weighted by atomic mass is 10.1. The second kappa shape index (κ2) is 4.36. The number of carbonyl (C=O) groups excluding carboxylic acids is 1. The number of rotatable bonds is 2. The molecule has 0 aromatic rings. The van der Waals surface area contributed by atoms with Gasteiger partial charge in [-0.05, 0) is 20.8 Å². The van der Waals surface area contributed by atoms with E-state index in [0.29, 0.717) is 11.6 Å². The van der Waals surface area contributed by atoms with E-state index in [1.807, 2.05) is 20.8 Å². The first kappa shape index (κ1) is 11.3. The van der Waals surface area contributed by atoms with Crippen LogP contribution in [0.4, 0.5) is 4.79 Å². The topological polar surface area (TPSA) is 41.1 Å². The van der Waals surface area contributed by atoms with Crippen molar-refractivity contribution in [3.05, 3.63) is 11.6 Å². The Hall–Kier alpha value is -0.700. The van der Waals surface area contributed by atoms with E-state index in [0.717, 1.165) is 0 Å². The molecule has 0 fully saturated rings. The first-order valence-corrected chi connectivity index (χ1v) is 4.08. The van der Waals surface area contributed by atoms with Crippen LogP contribution >= 0.6 is 11.6 Å². The third kappa shape index (κ3) is 7.41. The predicted molar refractivity (Wildman–Crippen MR) is 51.3 cm³/mol. The zero-order valence-electron chi connectivity index (χ0n) is 7.70. The van der Waals surface area contributed by atoms with Crippen molar-refractivity contribution in [1.29, 1.82) is 0 Å². The van der Waals surface area contributed by atoms with E-state index < -0.39 is 0 Å². The van der Waals surface area contributed by atoms with Gasteiger partial charge in [0.1, 0.15) is 0 Å². The van der Waals surface area contributed by atoms with Crippen molar-refractivity contribution in [2.24, 2.45) is 0 Å². The van der Waals surface area contributed by atoms with Crippen molar-refractivity contribution < 1.29 is 4.79 Å². The molecule has 0 aliphatic carbocycles. The summed E-state index contributed by atoms with van der Waals surface area (Å²) < 4.78 is 0. The lowest BCUT2D eigenvalue weighted by molar-refractivity contribution is 0.233. The summed E-state index contributed by atoms with van der Waals surface area (Å²) in [6.07, 6.45) is 0. The molecule has 2 amide bonds. The highest BCUT2D eigenvalue weighted by atomic mass is 35.5. The highest BCUT2D eigenvalue weighted by Crippen LogP contribution is 1.98. The van der Waals surface area contributed by atoms with Gasteiger partial charge in [-0.25, -0.2) is 4.79 Å². The van der Waals surface area contributed by atoms with Gasteiger partial charge >= 0.3 is 6.03 Å². The Morgan fingerprint density at radius 1 is 1.50 bits per heavy atom. The quantitative estimate of drug-likeness (QED) is 0.686. The first-order valence-electron chi connectivity index (χ1n) is 3.70. The third-order valence-corrected chi connectivity index (χ3v) is 1.06. The Labute approximate surface area is 78.2 Å². The maximum absolute atomic E-state index is 11.0. The summed E-state index contributed by atoms with van der Waals surface area (Å²) in [5, 5.41) is 5.70. The maximum atomic E-state index is 11.0. The molecule has 3 nitrogen and oxygen atoms in total. The molecule has 0 radical (unpaired) electrons. The zero-order chi connectivity index (χ0) is 9.78. The molecule has 0 saturated heterocycles. The first-order chi connectivity index (χ1) is 5.31. The van der Waals surface area contributed by atoms with E-state index in [2.05, 4.69) is 17.2 Å². The van der Waals surface area contributed by atoms with E-state index in [4.69, 9.17) is 11.6 Å². The monoisotopic (exact) mass is 190 g/mol. The van der Waals surface area contributed by atoms with Crippen LogP contribution in [0.3, 0.4) is 0 Å². The molecule has 0 rings (SSSR count). The van der Waals surface area contributed by atoms with Crippen molar-refractivity contribution in [1.82, 2.24) is 10.6 Å². The van der Waals surface area contributed by atoms with Crippen molar-refractivity contribution in [3.8, 4) is 0 Å². The van der Waals surface area contributed by atoms with Gasteiger partial charge < -0.3 is 10.6 Å². The Morgan fingerprint density at radius 3 is 2.33 bits per heavy atom. The molecular weight excluding hydrogens is 176 g/mol. The number of hydrogen-bond donors (Lipinski definition) is 2. The largest absolute Gasteiger partial charge is 0.334 e. The standard InChI is InChI=1S/C8H15ClN2O/c1-6(9)5-10-7(12)11-8(2,3)4/h1,5H2,2-4H3,(H2,10,11,12). The number of nitrogens with one attached hydrogen (secondary N) is 2. The van der Waals surface area contributed by atoms with E-state index in [1.54, 1.807) is 0 Å². The normalized spacial score (nSPS) is 10.7. The van der Waals surface area contributed by atoms with Crippen LogP contribution in [0.5, 0.6) is 0 Å². The van der Waals surface area contributed by atoms with E-state index in [9.17, 15) is 4.79 Å². The number of halogens is 1. The maximum Gasteiger partial charge on any atom is 0.315 e. The van der Waals surface area contributed by atoms with Gasteiger partial charge in [0, 0.05) is 10.6 Å². The molecule has 0 aromatic carbocycles. The SMILES string of the molecule is C=C(Cl)CNC(=O)NC(C)(C)C. The van der Waals surface area contributed by atoms with Gasteiger partial charge in [0.05, 0.1) is 6.54 Å². The number of carbonyl (C=O) groups is 1. The summed E-state index contributed by atoms with van der Waals surface area (Å²) in [5.74, 6) is 0. The minimum Gasteiger partial charge on any atom is -0.334 e. The van der Waals surface area contributed by atoms with E-state index in [1.165, 1.54) is 0 Å². The highest BCUT2D eigenvalue weighted by Gasteiger charge is 2.12. The smallest absolute Gasteiger partial charge is 0.315 e. The summed E-state index contributed by atoms with van der Waals surface area (Å²) in [6, 6.07) is -0.232. The highest BCUT2D eigenvalue weighted by molar-refractivity contribution is 6.29. The van der Waals surface area contributed by atoms with Crippen LogP contribution in [0.25, 0.3) is 0 Å². The number of hydrogen-bond acceptors (Lipinski definition) is 1. The summed E-state index contributed by atoms with van der Waals surface area (Å²) in [4.78, 5) is 11.0. The predicted octanol–water partition coefficient (Wildman–Crippen LogP) is 1.84. The fourth-order valence-corrected chi connectivity index (χ4v) is 0.628. The molecule has 0 bridgehead atoms. The average molecular weight is 191 g/mol. The lowest BCUT2D eigenvalue weighted by Gasteiger charge is -2.20. The summed E-state index contributed by atoms with van der Waals surface area (Å²) in [7, 11) is 0. The van der Waals surface area contributed by atoms with Crippen LogP contribution < -0.4 is 10.6 Å².